The molecule has 1 saturated heterocycles. The number of nitrogens with one attached hydrogen (secondary N) is 1. The Morgan fingerprint density at radius 1 is 1.16 bits per heavy atom. The Morgan fingerprint density at radius 3 is 2.57 bits per heavy atom. The Hall–Kier alpha value is -3.54. The molecule has 0 aliphatic carbocycles. The van der Waals surface area contributed by atoms with E-state index in [1.165, 1.54) is 4.90 Å². The van der Waals surface area contributed by atoms with E-state index in [1.54, 1.807) is 54.9 Å². The van der Waals surface area contributed by atoms with E-state index >= 15 is 0 Å². The van der Waals surface area contributed by atoms with Crippen LogP contribution in [0.4, 0.5) is 18.0 Å². The van der Waals surface area contributed by atoms with Gasteiger partial charge in [0.2, 0.25) is 5.28 Å². The molecular weight excluding hydrogens is 511 g/mol. The second kappa shape index (κ2) is 9.09. The van der Waals surface area contributed by atoms with E-state index in [1.807, 2.05) is 12.1 Å². The molecule has 2 aliphatic rings. The van der Waals surface area contributed by atoms with Crippen molar-refractivity contribution in [2.24, 2.45) is 0 Å². The van der Waals surface area contributed by atoms with Gasteiger partial charge in [-0.2, -0.15) is 23.3 Å². The topological polar surface area (TPSA) is 88.4 Å². The molecule has 1 aromatic carbocycles. The van der Waals surface area contributed by atoms with Crippen LogP contribution in [0.25, 0.3) is 11.0 Å². The number of ether oxygens (including phenoxy) is 1. The van der Waals surface area contributed by atoms with Crippen LogP contribution in [0.3, 0.4) is 0 Å². The van der Waals surface area contributed by atoms with Gasteiger partial charge in [-0.25, -0.2) is 14.5 Å². The van der Waals surface area contributed by atoms with Gasteiger partial charge in [-0.15, -0.1) is 0 Å². The quantitative estimate of drug-likeness (QED) is 0.495. The zero-order valence-corrected chi connectivity index (χ0v) is 21.1. The number of aromatic nitrogens is 4. The summed E-state index contributed by atoms with van der Waals surface area (Å²) in [6, 6.07) is 7.26. The standard InChI is InChI=1S/C24H25ClF3N7O2/c1-23(2,3)37-22(36)33-8-9-34-17(13-33)18(24(26,27)28)31-19(34)15-6-4-14(5-7-15)12-35-20-16(11-30-35)10-29-21(25)32-20/h4-7,10-11,19,31H,8-9,12-13H2,1-3H3. The van der Waals surface area contributed by atoms with E-state index in [9.17, 15) is 18.0 Å². The number of rotatable bonds is 3. The Labute approximate surface area is 215 Å². The summed E-state index contributed by atoms with van der Waals surface area (Å²) in [6.45, 7) is 5.84. The van der Waals surface area contributed by atoms with Gasteiger partial charge in [-0.1, -0.05) is 24.3 Å². The molecule has 0 saturated carbocycles. The molecule has 0 bridgehead atoms. The fraction of sp³-hybridized carbons (Fsp3) is 0.417. The summed E-state index contributed by atoms with van der Waals surface area (Å²) in [7, 11) is 0. The average Bonchev–Trinajstić information content (AvgIpc) is 3.39. The molecule has 1 atom stereocenters. The third-order valence-electron chi connectivity index (χ3n) is 6.09. The summed E-state index contributed by atoms with van der Waals surface area (Å²) in [4.78, 5) is 23.7. The number of hydrogen-bond acceptors (Lipinski definition) is 7. The summed E-state index contributed by atoms with van der Waals surface area (Å²) >= 11 is 5.91. The lowest BCUT2D eigenvalue weighted by molar-refractivity contribution is -0.0971. The zero-order valence-electron chi connectivity index (χ0n) is 20.4. The molecule has 37 heavy (non-hydrogen) atoms. The maximum atomic E-state index is 13.9. The molecule has 4 heterocycles. The van der Waals surface area contributed by atoms with Gasteiger partial charge in [0.25, 0.3) is 0 Å². The maximum absolute atomic E-state index is 13.9. The van der Waals surface area contributed by atoms with E-state index in [4.69, 9.17) is 16.3 Å². The van der Waals surface area contributed by atoms with Gasteiger partial charge in [-0.05, 0) is 43.5 Å². The van der Waals surface area contributed by atoms with Gasteiger partial charge in [0.1, 0.15) is 17.5 Å². The summed E-state index contributed by atoms with van der Waals surface area (Å²) < 4.78 is 48.9. The van der Waals surface area contributed by atoms with Crippen LogP contribution in [0.1, 0.15) is 38.1 Å². The van der Waals surface area contributed by atoms with Gasteiger partial charge >= 0.3 is 12.3 Å². The number of fused-ring (bicyclic) bond motifs is 2. The SMILES string of the molecule is CC(C)(C)OC(=O)N1CCN2C(=C(C(F)(F)F)NC2c2ccc(Cn3ncc4cnc(Cl)nc43)cc2)C1. The number of halogens is 4. The molecule has 1 fully saturated rings. The summed E-state index contributed by atoms with van der Waals surface area (Å²) in [5, 5.41) is 7.84. The molecule has 1 amide bonds. The number of carbonyl (C=O) groups is 1. The van der Waals surface area contributed by atoms with Crippen LogP contribution in [0, 0.1) is 0 Å². The molecular formula is C24H25ClF3N7O2. The van der Waals surface area contributed by atoms with Crippen molar-refractivity contribution in [3.8, 4) is 0 Å². The Morgan fingerprint density at radius 2 is 1.89 bits per heavy atom. The van der Waals surface area contributed by atoms with Crippen LogP contribution < -0.4 is 5.32 Å². The van der Waals surface area contributed by atoms with E-state index in [2.05, 4.69) is 20.4 Å². The summed E-state index contributed by atoms with van der Waals surface area (Å²) in [5.74, 6) is 0. The molecule has 0 radical (unpaired) electrons. The zero-order chi connectivity index (χ0) is 26.5. The van der Waals surface area contributed by atoms with E-state index in [-0.39, 0.29) is 30.6 Å². The van der Waals surface area contributed by atoms with Crippen molar-refractivity contribution in [2.45, 2.75) is 45.3 Å². The van der Waals surface area contributed by atoms with Gasteiger partial charge in [-0.3, -0.25) is 0 Å². The number of hydrogen-bond donors (Lipinski definition) is 1. The van der Waals surface area contributed by atoms with E-state index in [0.29, 0.717) is 17.8 Å². The highest BCUT2D eigenvalue weighted by atomic mass is 35.5. The minimum absolute atomic E-state index is 0.0262. The minimum Gasteiger partial charge on any atom is -0.444 e. The summed E-state index contributed by atoms with van der Waals surface area (Å²) in [5.41, 5.74) is 0.595. The number of amides is 1. The average molecular weight is 536 g/mol. The molecule has 0 spiro atoms. The molecule has 3 aromatic rings. The van der Waals surface area contributed by atoms with Gasteiger partial charge in [0.05, 0.1) is 30.4 Å². The van der Waals surface area contributed by atoms with Crippen molar-refractivity contribution >= 4 is 28.7 Å². The van der Waals surface area contributed by atoms with Crippen LogP contribution in [0.2, 0.25) is 5.28 Å². The first kappa shape index (κ1) is 25.1. The Balaban J connectivity index is 1.35. The largest absolute Gasteiger partial charge is 0.444 e. The van der Waals surface area contributed by atoms with Crippen LogP contribution in [0.5, 0.6) is 0 Å². The van der Waals surface area contributed by atoms with Crippen molar-refractivity contribution in [2.75, 3.05) is 19.6 Å². The van der Waals surface area contributed by atoms with Crippen molar-refractivity contribution < 1.29 is 22.7 Å². The third kappa shape index (κ3) is 5.15. The van der Waals surface area contributed by atoms with Gasteiger partial charge in [0.15, 0.2) is 5.65 Å². The number of carbonyl (C=O) groups excluding carboxylic acids is 1. The highest BCUT2D eigenvalue weighted by Gasteiger charge is 2.47. The molecule has 5 rings (SSSR count). The highest BCUT2D eigenvalue weighted by Crippen LogP contribution is 2.40. The maximum Gasteiger partial charge on any atom is 0.432 e. The molecule has 9 nitrogen and oxygen atoms in total. The second-order valence-electron chi connectivity index (χ2n) is 9.92. The lowest BCUT2D eigenvalue weighted by Crippen LogP contribution is -2.48. The van der Waals surface area contributed by atoms with Crippen molar-refractivity contribution in [3.05, 3.63) is 64.5 Å². The Kier molecular flexibility index (Phi) is 6.17. The van der Waals surface area contributed by atoms with Crippen molar-refractivity contribution in [1.82, 2.24) is 34.9 Å². The van der Waals surface area contributed by atoms with Crippen LogP contribution in [-0.4, -0.2) is 67.1 Å². The highest BCUT2D eigenvalue weighted by molar-refractivity contribution is 6.28. The fourth-order valence-corrected chi connectivity index (χ4v) is 4.58. The summed E-state index contributed by atoms with van der Waals surface area (Å²) in [6.07, 6.45) is -2.70. The number of benzene rings is 1. The normalized spacial score (nSPS) is 18.3. The molecule has 1 N–H and O–H groups in total. The van der Waals surface area contributed by atoms with Crippen molar-refractivity contribution in [1.29, 1.82) is 0 Å². The van der Waals surface area contributed by atoms with Gasteiger partial charge < -0.3 is 19.9 Å². The molecule has 196 valence electrons. The van der Waals surface area contributed by atoms with Crippen LogP contribution in [0.15, 0.2) is 48.1 Å². The smallest absolute Gasteiger partial charge is 0.432 e. The second-order valence-corrected chi connectivity index (χ2v) is 10.3. The Bertz CT molecular complexity index is 1370. The van der Waals surface area contributed by atoms with Crippen LogP contribution >= 0.6 is 11.6 Å². The minimum atomic E-state index is -4.59. The predicted molar refractivity (Wildman–Crippen MR) is 129 cm³/mol. The fourth-order valence-electron chi connectivity index (χ4n) is 4.45. The number of allylic oxidation sites excluding steroid dienone is 1. The lowest BCUT2D eigenvalue weighted by Gasteiger charge is -2.38. The first-order valence-electron chi connectivity index (χ1n) is 11.6. The molecule has 1 unspecified atom stereocenters. The third-order valence-corrected chi connectivity index (χ3v) is 6.27. The predicted octanol–water partition coefficient (Wildman–Crippen LogP) is 4.46. The first-order valence-corrected chi connectivity index (χ1v) is 12.0. The lowest BCUT2D eigenvalue weighted by atomic mass is 10.1. The van der Waals surface area contributed by atoms with E-state index in [0.717, 1.165) is 10.9 Å². The van der Waals surface area contributed by atoms with E-state index < -0.39 is 29.7 Å². The monoisotopic (exact) mass is 535 g/mol. The number of piperazine rings is 1. The number of alkyl halides is 3. The molecule has 13 heteroatoms. The van der Waals surface area contributed by atoms with Crippen LogP contribution in [-0.2, 0) is 11.3 Å². The number of nitrogens with zero attached hydrogens (tertiary/aromatic N) is 6. The molecule has 2 aliphatic heterocycles. The first-order chi connectivity index (χ1) is 17.4. The van der Waals surface area contributed by atoms with Gasteiger partial charge in [0, 0.05) is 19.3 Å². The van der Waals surface area contributed by atoms with Crippen molar-refractivity contribution in [3.63, 3.8) is 0 Å². The molecule has 2 aromatic heterocycles.